The smallest absolute Gasteiger partial charge is 0.407 e. The highest BCUT2D eigenvalue weighted by Crippen LogP contribution is 2.26. The molecule has 8 nitrogen and oxygen atoms in total. The van der Waals surface area contributed by atoms with E-state index in [1.165, 1.54) is 6.07 Å². The van der Waals surface area contributed by atoms with Crippen molar-refractivity contribution in [3.05, 3.63) is 95.4 Å². The molecule has 0 spiro atoms. The van der Waals surface area contributed by atoms with Gasteiger partial charge in [0.25, 0.3) is 0 Å². The van der Waals surface area contributed by atoms with Crippen LogP contribution >= 0.6 is 0 Å². The van der Waals surface area contributed by atoms with Crippen LogP contribution in [0.4, 0.5) is 9.18 Å². The van der Waals surface area contributed by atoms with Gasteiger partial charge in [0.05, 0.1) is 18.8 Å². The zero-order chi connectivity index (χ0) is 28.5. The lowest BCUT2D eigenvalue weighted by Gasteiger charge is -2.14. The third-order valence-electron chi connectivity index (χ3n) is 6.40. The summed E-state index contributed by atoms with van der Waals surface area (Å²) in [6, 6.07) is 21.8. The Morgan fingerprint density at radius 3 is 2.48 bits per heavy atom. The maximum absolute atomic E-state index is 14.1. The minimum Gasteiger partial charge on any atom is -0.492 e. The van der Waals surface area contributed by atoms with Gasteiger partial charge < -0.3 is 19.9 Å². The van der Waals surface area contributed by atoms with Crippen molar-refractivity contribution in [1.82, 2.24) is 15.1 Å². The second kappa shape index (κ2) is 13.4. The minimum atomic E-state index is -0.889. The number of halogens is 1. The molecule has 0 fully saturated rings. The van der Waals surface area contributed by atoms with Crippen LogP contribution in [0, 0.1) is 12.7 Å². The zero-order valence-electron chi connectivity index (χ0n) is 22.5. The number of carbonyl (C=O) groups is 2. The van der Waals surface area contributed by atoms with Crippen molar-refractivity contribution in [3.63, 3.8) is 0 Å². The molecule has 9 heteroatoms. The van der Waals surface area contributed by atoms with Gasteiger partial charge in [0.15, 0.2) is 0 Å². The van der Waals surface area contributed by atoms with Gasteiger partial charge in [0.1, 0.15) is 18.2 Å². The van der Waals surface area contributed by atoms with Crippen molar-refractivity contribution in [2.45, 2.75) is 39.8 Å². The van der Waals surface area contributed by atoms with Crippen molar-refractivity contribution >= 4 is 12.1 Å². The third-order valence-corrected chi connectivity index (χ3v) is 6.40. The van der Waals surface area contributed by atoms with Crippen molar-refractivity contribution in [1.29, 1.82) is 0 Å². The van der Waals surface area contributed by atoms with E-state index in [4.69, 9.17) is 19.7 Å². The quantitative estimate of drug-likeness (QED) is 0.226. The summed E-state index contributed by atoms with van der Waals surface area (Å²) in [5.74, 6) is -0.541. The fourth-order valence-corrected chi connectivity index (χ4v) is 4.34. The van der Waals surface area contributed by atoms with E-state index in [-0.39, 0.29) is 25.4 Å². The van der Waals surface area contributed by atoms with Gasteiger partial charge in [-0.2, -0.15) is 5.10 Å². The molecule has 0 radical (unpaired) electrons. The summed E-state index contributed by atoms with van der Waals surface area (Å²) in [5, 5.41) is 16.5. The van der Waals surface area contributed by atoms with Crippen LogP contribution in [0.5, 0.6) is 5.75 Å². The van der Waals surface area contributed by atoms with E-state index in [0.717, 1.165) is 33.6 Å². The van der Waals surface area contributed by atoms with E-state index < -0.39 is 12.1 Å². The summed E-state index contributed by atoms with van der Waals surface area (Å²) in [5.41, 5.74) is 5.66. The standard InChI is InChI=1S/C31H32FN3O5/c1-3-39-31(38)33-20-25-19-26(14-12-22(25)13-15-30(36)37)40-17-16-35-21(2)18-29(34-35)24-10-8-23(9-11-24)27-6-4-5-7-28(27)32/h4-12,14,18-19H,3,13,15-17,20H2,1-2H3,(H,33,38)(H,36,37). The molecular weight excluding hydrogens is 513 g/mol. The fourth-order valence-electron chi connectivity index (χ4n) is 4.34. The first-order chi connectivity index (χ1) is 19.3. The summed E-state index contributed by atoms with van der Waals surface area (Å²) < 4.78 is 26.9. The number of rotatable bonds is 12. The maximum atomic E-state index is 14.1. The van der Waals surface area contributed by atoms with Gasteiger partial charge in [0.2, 0.25) is 0 Å². The van der Waals surface area contributed by atoms with Crippen LogP contribution < -0.4 is 10.1 Å². The van der Waals surface area contributed by atoms with E-state index in [2.05, 4.69) is 5.32 Å². The number of aryl methyl sites for hydroxylation is 2. The minimum absolute atomic E-state index is 0.0145. The number of aliphatic carboxylic acids is 1. The number of hydrogen-bond donors (Lipinski definition) is 2. The molecule has 0 atom stereocenters. The van der Waals surface area contributed by atoms with Gasteiger partial charge in [-0.05, 0) is 61.2 Å². The Morgan fingerprint density at radius 2 is 1.75 bits per heavy atom. The molecule has 0 saturated heterocycles. The molecule has 2 N–H and O–H groups in total. The second-order valence-electron chi connectivity index (χ2n) is 9.20. The highest BCUT2D eigenvalue weighted by atomic mass is 19.1. The molecule has 3 aromatic carbocycles. The average Bonchev–Trinajstić information content (AvgIpc) is 3.32. The maximum Gasteiger partial charge on any atom is 0.407 e. The Hall–Kier alpha value is -4.66. The number of nitrogens with zero attached hydrogens (tertiary/aromatic N) is 2. The van der Waals surface area contributed by atoms with Gasteiger partial charge in [-0.15, -0.1) is 0 Å². The summed E-state index contributed by atoms with van der Waals surface area (Å²) in [6.07, 6.45) is -0.212. The van der Waals surface area contributed by atoms with Gasteiger partial charge in [0, 0.05) is 29.8 Å². The highest BCUT2D eigenvalue weighted by molar-refractivity contribution is 5.69. The summed E-state index contributed by atoms with van der Waals surface area (Å²) in [4.78, 5) is 22.8. The zero-order valence-corrected chi connectivity index (χ0v) is 22.5. The number of aromatic nitrogens is 2. The van der Waals surface area contributed by atoms with Gasteiger partial charge in [-0.3, -0.25) is 9.48 Å². The highest BCUT2D eigenvalue weighted by Gasteiger charge is 2.11. The largest absolute Gasteiger partial charge is 0.492 e. The van der Waals surface area contributed by atoms with E-state index in [0.29, 0.717) is 30.9 Å². The number of ether oxygens (including phenoxy) is 2. The van der Waals surface area contributed by atoms with Crippen molar-refractivity contribution < 1.29 is 28.6 Å². The van der Waals surface area contributed by atoms with Gasteiger partial charge in [-0.25, -0.2) is 9.18 Å². The lowest BCUT2D eigenvalue weighted by Crippen LogP contribution is -2.24. The lowest BCUT2D eigenvalue weighted by molar-refractivity contribution is -0.136. The van der Waals surface area contributed by atoms with E-state index >= 15 is 0 Å². The SMILES string of the molecule is CCOC(=O)NCc1cc(OCCn2nc(-c3ccc(-c4ccccc4F)cc3)cc2C)ccc1CCC(=O)O. The summed E-state index contributed by atoms with van der Waals surface area (Å²) in [6.45, 7) is 5.02. The monoisotopic (exact) mass is 545 g/mol. The molecule has 1 aromatic heterocycles. The predicted octanol–water partition coefficient (Wildman–Crippen LogP) is 6.01. The van der Waals surface area contributed by atoms with Crippen molar-refractivity contribution in [2.24, 2.45) is 0 Å². The molecule has 0 bridgehead atoms. The Kier molecular flexibility index (Phi) is 9.51. The van der Waals surface area contributed by atoms with Crippen LogP contribution in [0.1, 0.15) is 30.2 Å². The number of alkyl carbamates (subject to hydrolysis) is 1. The molecule has 0 unspecified atom stereocenters. The first-order valence-corrected chi connectivity index (χ1v) is 13.1. The molecule has 0 aliphatic heterocycles. The van der Waals surface area contributed by atoms with Crippen LogP contribution in [0.3, 0.4) is 0 Å². The molecule has 208 valence electrons. The molecule has 1 amide bonds. The summed E-state index contributed by atoms with van der Waals surface area (Å²) in [7, 11) is 0. The normalized spacial score (nSPS) is 10.8. The molecule has 0 saturated carbocycles. The number of carbonyl (C=O) groups excluding carboxylic acids is 1. The van der Waals surface area contributed by atoms with Gasteiger partial charge >= 0.3 is 12.1 Å². The predicted molar refractivity (Wildman–Crippen MR) is 150 cm³/mol. The first kappa shape index (κ1) is 28.4. The number of carboxylic acids is 1. The second-order valence-corrected chi connectivity index (χ2v) is 9.20. The Balaban J connectivity index is 1.39. The van der Waals surface area contributed by atoms with Crippen molar-refractivity contribution in [2.75, 3.05) is 13.2 Å². The Labute approximate surface area is 232 Å². The van der Waals surface area contributed by atoms with E-state index in [1.807, 2.05) is 60.1 Å². The molecule has 40 heavy (non-hydrogen) atoms. The number of nitrogens with one attached hydrogen (secondary N) is 1. The average molecular weight is 546 g/mol. The van der Waals surface area contributed by atoms with Crippen LogP contribution in [-0.2, 0) is 29.0 Å². The fraction of sp³-hybridized carbons (Fsp3) is 0.258. The number of amides is 1. The molecule has 4 rings (SSSR count). The molecular formula is C31H32FN3O5. The number of hydrogen-bond acceptors (Lipinski definition) is 5. The lowest BCUT2D eigenvalue weighted by atomic mass is 10.0. The molecule has 0 aliphatic rings. The number of carboxylic acid groups (broad SMARTS) is 1. The van der Waals surface area contributed by atoms with Crippen LogP contribution in [0.25, 0.3) is 22.4 Å². The molecule has 4 aromatic rings. The Morgan fingerprint density at radius 1 is 1.00 bits per heavy atom. The van der Waals surface area contributed by atoms with Crippen LogP contribution in [0.2, 0.25) is 0 Å². The van der Waals surface area contributed by atoms with Crippen molar-refractivity contribution in [3.8, 4) is 28.1 Å². The van der Waals surface area contributed by atoms with E-state index in [1.54, 1.807) is 25.1 Å². The topological polar surface area (TPSA) is 103 Å². The summed E-state index contributed by atoms with van der Waals surface area (Å²) >= 11 is 0. The Bertz CT molecular complexity index is 1470. The number of benzene rings is 3. The molecule has 0 aliphatic carbocycles. The molecule has 1 heterocycles. The van der Waals surface area contributed by atoms with Crippen LogP contribution in [-0.4, -0.2) is 40.2 Å². The first-order valence-electron chi connectivity index (χ1n) is 13.1. The van der Waals surface area contributed by atoms with Gasteiger partial charge in [-0.1, -0.05) is 48.5 Å². The van der Waals surface area contributed by atoms with Crippen LogP contribution in [0.15, 0.2) is 72.8 Å². The van der Waals surface area contributed by atoms with E-state index in [9.17, 15) is 14.0 Å². The third kappa shape index (κ3) is 7.47.